The summed E-state index contributed by atoms with van der Waals surface area (Å²) in [6.45, 7) is 6.98. The molecule has 2 nitrogen and oxygen atoms in total. The summed E-state index contributed by atoms with van der Waals surface area (Å²) in [5.41, 5.74) is 1.81. The molecule has 1 unspecified atom stereocenters. The Hall–Kier alpha value is -0.830. The molecule has 1 rings (SSSR count). The Labute approximate surface area is 106 Å². The molecule has 1 atom stereocenters. The van der Waals surface area contributed by atoms with Crippen LogP contribution in [0.15, 0.2) is 22.7 Å². The first kappa shape index (κ1) is 13.2. The average molecular weight is 284 g/mol. The van der Waals surface area contributed by atoms with E-state index in [4.69, 9.17) is 0 Å². The van der Waals surface area contributed by atoms with Crippen LogP contribution in [0.2, 0.25) is 0 Å². The van der Waals surface area contributed by atoms with Gasteiger partial charge in [0.05, 0.1) is 0 Å². The van der Waals surface area contributed by atoms with Crippen LogP contribution in [0, 0.1) is 12.8 Å². The van der Waals surface area contributed by atoms with Crippen LogP contribution in [0.5, 0.6) is 0 Å². The molecular formula is C13H18BrNO. The van der Waals surface area contributed by atoms with E-state index in [0.717, 1.165) is 28.6 Å². The van der Waals surface area contributed by atoms with Crippen molar-refractivity contribution >= 4 is 21.8 Å². The molecule has 1 N–H and O–H groups in total. The van der Waals surface area contributed by atoms with Gasteiger partial charge < -0.3 is 5.32 Å². The van der Waals surface area contributed by atoms with Crippen LogP contribution in [0.25, 0.3) is 0 Å². The van der Waals surface area contributed by atoms with E-state index in [-0.39, 0.29) is 5.91 Å². The molecule has 0 radical (unpaired) electrons. The van der Waals surface area contributed by atoms with Crippen LogP contribution in [0.4, 0.5) is 0 Å². The summed E-state index contributed by atoms with van der Waals surface area (Å²) in [7, 11) is 0. The summed E-state index contributed by atoms with van der Waals surface area (Å²) in [6, 6.07) is 5.65. The quantitative estimate of drug-likeness (QED) is 0.900. The van der Waals surface area contributed by atoms with E-state index in [0.29, 0.717) is 5.92 Å². The normalized spacial score (nSPS) is 12.2. The number of carbonyl (C=O) groups excluding carboxylic acids is 1. The van der Waals surface area contributed by atoms with Crippen molar-refractivity contribution in [3.63, 3.8) is 0 Å². The highest BCUT2D eigenvalue weighted by molar-refractivity contribution is 9.10. The predicted molar refractivity (Wildman–Crippen MR) is 70.7 cm³/mol. The summed E-state index contributed by atoms with van der Waals surface area (Å²) in [6.07, 6.45) is 1.08. The van der Waals surface area contributed by atoms with E-state index in [9.17, 15) is 4.79 Å². The zero-order valence-corrected chi connectivity index (χ0v) is 11.6. The van der Waals surface area contributed by atoms with E-state index >= 15 is 0 Å². The zero-order valence-electron chi connectivity index (χ0n) is 10.0. The molecule has 0 aliphatic rings. The van der Waals surface area contributed by atoms with E-state index < -0.39 is 0 Å². The molecule has 0 aliphatic carbocycles. The van der Waals surface area contributed by atoms with Gasteiger partial charge >= 0.3 is 0 Å². The van der Waals surface area contributed by atoms with Crippen molar-refractivity contribution in [2.45, 2.75) is 27.2 Å². The Morgan fingerprint density at radius 3 is 2.75 bits per heavy atom. The standard InChI is InChI=1S/C13H18BrNO/c1-4-9(2)8-15-13(16)11-5-6-12(14)10(3)7-11/h5-7,9H,4,8H2,1-3H3,(H,15,16). The zero-order chi connectivity index (χ0) is 12.1. The van der Waals surface area contributed by atoms with Crippen molar-refractivity contribution in [1.82, 2.24) is 5.32 Å². The van der Waals surface area contributed by atoms with Crippen molar-refractivity contribution in [2.75, 3.05) is 6.54 Å². The number of benzene rings is 1. The highest BCUT2D eigenvalue weighted by Gasteiger charge is 2.07. The summed E-state index contributed by atoms with van der Waals surface area (Å²) < 4.78 is 1.03. The van der Waals surface area contributed by atoms with E-state index in [2.05, 4.69) is 35.1 Å². The number of nitrogens with one attached hydrogen (secondary N) is 1. The Kier molecular flexibility index (Phi) is 5.00. The van der Waals surface area contributed by atoms with Gasteiger partial charge in [0, 0.05) is 16.6 Å². The lowest BCUT2D eigenvalue weighted by Crippen LogP contribution is -2.28. The molecule has 0 bridgehead atoms. The number of carbonyl (C=O) groups is 1. The lowest BCUT2D eigenvalue weighted by Gasteiger charge is -2.10. The first-order valence-corrected chi connectivity index (χ1v) is 6.38. The van der Waals surface area contributed by atoms with Gasteiger partial charge in [-0.1, -0.05) is 36.2 Å². The maximum Gasteiger partial charge on any atom is 0.251 e. The summed E-state index contributed by atoms with van der Waals surface area (Å²) in [5, 5.41) is 2.94. The minimum absolute atomic E-state index is 0.0101. The van der Waals surface area contributed by atoms with Gasteiger partial charge in [0.2, 0.25) is 0 Å². The SMILES string of the molecule is CCC(C)CNC(=O)c1ccc(Br)c(C)c1. The summed E-state index contributed by atoms with van der Waals surface area (Å²) >= 11 is 3.42. The molecule has 0 aromatic heterocycles. The van der Waals surface area contributed by atoms with Gasteiger partial charge in [0.1, 0.15) is 0 Å². The molecule has 1 aromatic rings. The Bertz CT molecular complexity index is 376. The van der Waals surface area contributed by atoms with Crippen LogP contribution < -0.4 is 5.32 Å². The molecule has 0 fully saturated rings. The fraction of sp³-hybridized carbons (Fsp3) is 0.462. The number of hydrogen-bond donors (Lipinski definition) is 1. The molecule has 0 aliphatic heterocycles. The van der Waals surface area contributed by atoms with Gasteiger partial charge in [-0.3, -0.25) is 4.79 Å². The van der Waals surface area contributed by atoms with Gasteiger partial charge in [-0.2, -0.15) is 0 Å². The largest absolute Gasteiger partial charge is 0.352 e. The minimum Gasteiger partial charge on any atom is -0.352 e. The van der Waals surface area contributed by atoms with Gasteiger partial charge in [-0.25, -0.2) is 0 Å². The smallest absolute Gasteiger partial charge is 0.251 e. The number of halogens is 1. The number of aryl methyl sites for hydroxylation is 1. The highest BCUT2D eigenvalue weighted by Crippen LogP contribution is 2.17. The van der Waals surface area contributed by atoms with E-state index in [1.54, 1.807) is 0 Å². The molecule has 3 heteroatoms. The van der Waals surface area contributed by atoms with E-state index in [1.165, 1.54) is 0 Å². The number of rotatable bonds is 4. The Balaban J connectivity index is 2.63. The van der Waals surface area contributed by atoms with E-state index in [1.807, 2.05) is 25.1 Å². The van der Waals surface area contributed by atoms with Crippen LogP contribution in [-0.4, -0.2) is 12.5 Å². The first-order chi connectivity index (χ1) is 7.54. The minimum atomic E-state index is 0.0101. The lowest BCUT2D eigenvalue weighted by atomic mass is 10.1. The third-order valence-electron chi connectivity index (χ3n) is 2.73. The van der Waals surface area contributed by atoms with Crippen LogP contribution in [0.1, 0.15) is 36.2 Å². The molecule has 88 valence electrons. The molecule has 1 aromatic carbocycles. The number of amides is 1. The molecule has 16 heavy (non-hydrogen) atoms. The van der Waals surface area contributed by atoms with Crippen molar-refractivity contribution in [2.24, 2.45) is 5.92 Å². The molecule has 0 saturated carbocycles. The fourth-order valence-electron chi connectivity index (χ4n) is 1.30. The van der Waals surface area contributed by atoms with Crippen molar-refractivity contribution in [3.05, 3.63) is 33.8 Å². The molecular weight excluding hydrogens is 266 g/mol. The summed E-state index contributed by atoms with van der Waals surface area (Å²) in [5.74, 6) is 0.538. The molecule has 0 saturated heterocycles. The summed E-state index contributed by atoms with van der Waals surface area (Å²) in [4.78, 5) is 11.8. The van der Waals surface area contributed by atoms with Crippen LogP contribution in [-0.2, 0) is 0 Å². The fourth-order valence-corrected chi connectivity index (χ4v) is 1.55. The molecule has 0 heterocycles. The second-order valence-electron chi connectivity index (χ2n) is 4.19. The highest BCUT2D eigenvalue weighted by atomic mass is 79.9. The van der Waals surface area contributed by atoms with Gasteiger partial charge in [0.25, 0.3) is 5.91 Å². The van der Waals surface area contributed by atoms with Gasteiger partial charge in [0.15, 0.2) is 0 Å². The van der Waals surface area contributed by atoms with Gasteiger partial charge in [-0.15, -0.1) is 0 Å². The third-order valence-corrected chi connectivity index (χ3v) is 3.62. The van der Waals surface area contributed by atoms with Crippen molar-refractivity contribution < 1.29 is 4.79 Å². The van der Waals surface area contributed by atoms with Crippen LogP contribution in [0.3, 0.4) is 0 Å². The maximum absolute atomic E-state index is 11.8. The Morgan fingerprint density at radius 1 is 1.50 bits per heavy atom. The average Bonchev–Trinajstić information content (AvgIpc) is 2.29. The van der Waals surface area contributed by atoms with Crippen molar-refractivity contribution in [3.8, 4) is 0 Å². The maximum atomic E-state index is 11.8. The number of hydrogen-bond acceptors (Lipinski definition) is 1. The third kappa shape index (κ3) is 3.63. The molecule has 0 spiro atoms. The lowest BCUT2D eigenvalue weighted by molar-refractivity contribution is 0.0947. The monoisotopic (exact) mass is 283 g/mol. The Morgan fingerprint density at radius 2 is 2.19 bits per heavy atom. The topological polar surface area (TPSA) is 29.1 Å². The van der Waals surface area contributed by atoms with Crippen molar-refractivity contribution in [1.29, 1.82) is 0 Å². The second kappa shape index (κ2) is 6.04. The molecule has 1 amide bonds. The second-order valence-corrected chi connectivity index (χ2v) is 5.04. The van der Waals surface area contributed by atoms with Crippen LogP contribution >= 0.6 is 15.9 Å². The first-order valence-electron chi connectivity index (χ1n) is 5.59. The van der Waals surface area contributed by atoms with Gasteiger partial charge in [-0.05, 0) is 36.6 Å². The predicted octanol–water partition coefficient (Wildman–Crippen LogP) is 3.53.